The molecule has 2 heterocycles. The summed E-state index contributed by atoms with van der Waals surface area (Å²) < 4.78 is 0. The molecule has 3 radical (unpaired) electrons. The average Bonchev–Trinajstić information content (AvgIpc) is 2.33. The zero-order chi connectivity index (χ0) is 6.10. The second-order valence-electron chi connectivity index (χ2n) is 1.80. The molecule has 0 aromatic carbocycles. The van der Waals surface area contributed by atoms with E-state index in [1.54, 1.807) is 18.7 Å². The van der Waals surface area contributed by atoms with E-state index in [1.165, 1.54) is 0 Å². The monoisotopic (exact) mass is 133 g/mol. The number of fused-ring (bicyclic) bond motifs is 1. The number of nitrogens with one attached hydrogen (secondary N) is 1. The lowest BCUT2D eigenvalue weighted by atomic mass is 10.3. The fourth-order valence-electron chi connectivity index (χ4n) is 0.786. The van der Waals surface area contributed by atoms with E-state index >= 15 is 0 Å². The number of hydrogen-bond donors (Lipinski definition) is 1. The van der Waals surface area contributed by atoms with Crippen LogP contribution in [0.1, 0.15) is 0 Å². The van der Waals surface area contributed by atoms with Gasteiger partial charge in [-0.25, -0.2) is 9.97 Å². The second kappa shape index (κ2) is 2.45. The molecule has 4 heteroatoms. The molecule has 2 aliphatic heterocycles. The molecule has 2 rings (SSSR count). The number of nitrogens with zero attached hydrogens (tertiary/aromatic N) is 3. The van der Waals surface area contributed by atoms with Gasteiger partial charge in [0.25, 0.3) is 0 Å². The Labute approximate surface area is 58.3 Å². The molecule has 1 N–H and O–H groups in total. The number of H-pyrrole nitrogens is 1. The van der Waals surface area contributed by atoms with Crippen molar-refractivity contribution in [2.75, 3.05) is 0 Å². The molecule has 0 spiro atoms. The fraction of sp³-hybridized carbons (Fsp3) is 0. The summed E-state index contributed by atoms with van der Waals surface area (Å²) in [6.07, 6.45) is 5.15. The van der Waals surface area contributed by atoms with Gasteiger partial charge < -0.3 is 4.98 Å². The van der Waals surface area contributed by atoms with Crippen molar-refractivity contribution < 1.29 is 0 Å². The first-order chi connectivity index (χ1) is 4.47. The van der Waals surface area contributed by atoms with Gasteiger partial charge in [0.2, 0.25) is 0 Å². The minimum absolute atomic E-state index is 0. The molecular formula is C6H5N4. The van der Waals surface area contributed by atoms with Crippen molar-refractivity contribution in [3.8, 4) is 11.4 Å². The lowest BCUT2D eigenvalue weighted by Crippen LogP contribution is -1.82. The van der Waals surface area contributed by atoms with Gasteiger partial charge in [-0.15, -0.1) is 0 Å². The van der Waals surface area contributed by atoms with Crippen molar-refractivity contribution in [3.63, 3.8) is 0 Å². The molecule has 0 saturated heterocycles. The average molecular weight is 133 g/mol. The standard InChI is InChI=1S/C6H5N3.N/c1-2-8-6-5(1)3-7-4-9-6;/h1-4H,(H,7,8,9);. The van der Waals surface area contributed by atoms with E-state index in [1.807, 2.05) is 6.07 Å². The molecule has 49 valence electrons. The summed E-state index contributed by atoms with van der Waals surface area (Å²) in [7, 11) is 0. The van der Waals surface area contributed by atoms with Crippen LogP contribution >= 0.6 is 0 Å². The summed E-state index contributed by atoms with van der Waals surface area (Å²) in [5.74, 6) is 0.894. The van der Waals surface area contributed by atoms with Gasteiger partial charge in [-0.1, -0.05) is 0 Å². The first kappa shape index (κ1) is 6.70. The van der Waals surface area contributed by atoms with E-state index < -0.39 is 0 Å². The molecular weight excluding hydrogens is 128 g/mol. The van der Waals surface area contributed by atoms with Gasteiger partial charge in [-0.3, -0.25) is 0 Å². The zero-order valence-corrected chi connectivity index (χ0v) is 5.15. The summed E-state index contributed by atoms with van der Waals surface area (Å²) in [5.41, 5.74) is 1.05. The second-order valence-corrected chi connectivity index (χ2v) is 1.80. The fourth-order valence-corrected chi connectivity index (χ4v) is 0.786. The molecule has 0 aliphatic carbocycles. The van der Waals surface area contributed by atoms with Crippen molar-refractivity contribution in [3.05, 3.63) is 24.8 Å². The largest absolute Gasteiger partial charge is 0.331 e. The van der Waals surface area contributed by atoms with E-state index in [4.69, 9.17) is 0 Å². The topological polar surface area (TPSA) is 72.1 Å². The molecule has 0 saturated carbocycles. The van der Waals surface area contributed by atoms with Gasteiger partial charge in [0.1, 0.15) is 5.82 Å². The highest BCUT2D eigenvalue weighted by Crippen LogP contribution is 2.12. The van der Waals surface area contributed by atoms with Crippen LogP contribution in [-0.4, -0.2) is 15.0 Å². The van der Waals surface area contributed by atoms with Crippen LogP contribution in [-0.2, 0) is 0 Å². The third-order valence-electron chi connectivity index (χ3n) is 1.22. The SMILES string of the molecule is [N].c1cc2cnc[nH]c-2n1. The quantitative estimate of drug-likeness (QED) is 0.566. The van der Waals surface area contributed by atoms with Gasteiger partial charge in [0.05, 0.1) is 6.33 Å². The van der Waals surface area contributed by atoms with Gasteiger partial charge in [-0.2, -0.15) is 0 Å². The minimum atomic E-state index is 0. The first-order valence-corrected chi connectivity index (χ1v) is 2.70. The molecule has 0 aromatic heterocycles. The Kier molecular flexibility index (Phi) is 1.64. The highest BCUT2D eigenvalue weighted by atomic mass is 14.9. The maximum absolute atomic E-state index is 4.02. The van der Waals surface area contributed by atoms with Crippen LogP contribution in [0.3, 0.4) is 0 Å². The lowest BCUT2D eigenvalue weighted by molar-refractivity contribution is 1.13. The van der Waals surface area contributed by atoms with Crippen LogP contribution in [0.4, 0.5) is 0 Å². The summed E-state index contributed by atoms with van der Waals surface area (Å²) >= 11 is 0. The van der Waals surface area contributed by atoms with Crippen molar-refractivity contribution in [2.24, 2.45) is 0 Å². The Morgan fingerprint density at radius 3 is 3.10 bits per heavy atom. The Balaban J connectivity index is 0.000000500. The number of aromatic amines is 1. The van der Waals surface area contributed by atoms with E-state index in [-0.39, 0.29) is 6.15 Å². The van der Waals surface area contributed by atoms with Crippen LogP contribution < -0.4 is 6.15 Å². The highest BCUT2D eigenvalue weighted by Gasteiger charge is 1.98. The Morgan fingerprint density at radius 2 is 2.30 bits per heavy atom. The van der Waals surface area contributed by atoms with Crippen molar-refractivity contribution >= 4 is 0 Å². The molecule has 0 aromatic rings. The maximum atomic E-state index is 4.02. The van der Waals surface area contributed by atoms with Gasteiger partial charge in [0.15, 0.2) is 0 Å². The minimum Gasteiger partial charge on any atom is -0.331 e. The van der Waals surface area contributed by atoms with Gasteiger partial charge in [0, 0.05) is 24.1 Å². The smallest absolute Gasteiger partial charge is 0.139 e. The van der Waals surface area contributed by atoms with Gasteiger partial charge >= 0.3 is 0 Å². The summed E-state index contributed by atoms with van der Waals surface area (Å²) in [6, 6.07) is 1.92. The lowest BCUT2D eigenvalue weighted by Gasteiger charge is -1.91. The molecule has 0 unspecified atom stereocenters. The maximum Gasteiger partial charge on any atom is 0.139 e. The Bertz CT molecular complexity index is 250. The predicted molar refractivity (Wildman–Crippen MR) is 35.1 cm³/mol. The van der Waals surface area contributed by atoms with Gasteiger partial charge in [-0.05, 0) is 6.07 Å². The Morgan fingerprint density at radius 1 is 1.40 bits per heavy atom. The first-order valence-electron chi connectivity index (χ1n) is 2.70. The Hall–Kier alpha value is -1.42. The molecule has 4 nitrogen and oxygen atoms in total. The van der Waals surface area contributed by atoms with Crippen LogP contribution in [0, 0.1) is 0 Å². The number of aromatic nitrogens is 3. The predicted octanol–water partition coefficient (Wildman–Crippen LogP) is 0.429. The third kappa shape index (κ3) is 0.844. The zero-order valence-electron chi connectivity index (χ0n) is 5.15. The van der Waals surface area contributed by atoms with E-state index in [2.05, 4.69) is 15.0 Å². The molecule has 0 bridgehead atoms. The highest BCUT2D eigenvalue weighted by molar-refractivity contribution is 5.53. The van der Waals surface area contributed by atoms with E-state index in [0.717, 1.165) is 11.4 Å². The molecule has 0 atom stereocenters. The van der Waals surface area contributed by atoms with Crippen LogP contribution in [0.15, 0.2) is 24.8 Å². The van der Waals surface area contributed by atoms with Crippen molar-refractivity contribution in [2.45, 2.75) is 0 Å². The van der Waals surface area contributed by atoms with Crippen molar-refractivity contribution in [1.82, 2.24) is 21.1 Å². The van der Waals surface area contributed by atoms with Crippen molar-refractivity contribution in [1.29, 1.82) is 0 Å². The molecule has 0 amide bonds. The summed E-state index contributed by atoms with van der Waals surface area (Å²) in [5, 5.41) is 0. The molecule has 2 aliphatic rings. The van der Waals surface area contributed by atoms with Crippen LogP contribution in [0.25, 0.3) is 11.4 Å². The van der Waals surface area contributed by atoms with E-state index in [9.17, 15) is 0 Å². The summed E-state index contributed by atoms with van der Waals surface area (Å²) in [4.78, 5) is 10.8. The summed E-state index contributed by atoms with van der Waals surface area (Å²) in [6.45, 7) is 0. The van der Waals surface area contributed by atoms with Crippen LogP contribution in [0.5, 0.6) is 0 Å². The number of hydrogen-bond acceptors (Lipinski definition) is 2. The van der Waals surface area contributed by atoms with Crippen LogP contribution in [0.2, 0.25) is 0 Å². The molecule has 0 fully saturated rings. The number of rotatable bonds is 0. The normalized spacial score (nSPS) is 9.20. The third-order valence-corrected chi connectivity index (χ3v) is 1.22. The van der Waals surface area contributed by atoms with E-state index in [0.29, 0.717) is 0 Å². The molecule has 10 heavy (non-hydrogen) atoms.